The summed E-state index contributed by atoms with van der Waals surface area (Å²) in [5.74, 6) is 0. The lowest BCUT2D eigenvalue weighted by Gasteiger charge is -2.08. The van der Waals surface area contributed by atoms with Gasteiger partial charge in [-0.3, -0.25) is 4.90 Å². The molecule has 0 aromatic rings. The van der Waals surface area contributed by atoms with E-state index in [9.17, 15) is 4.79 Å². The van der Waals surface area contributed by atoms with Gasteiger partial charge in [0.05, 0.1) is 13.2 Å². The Morgan fingerprint density at radius 1 is 1.75 bits per heavy atom. The van der Waals surface area contributed by atoms with E-state index in [4.69, 9.17) is 5.11 Å². The van der Waals surface area contributed by atoms with Crippen molar-refractivity contribution in [3.63, 3.8) is 0 Å². The molecule has 0 atom stereocenters. The van der Waals surface area contributed by atoms with Gasteiger partial charge in [-0.2, -0.15) is 0 Å². The lowest BCUT2D eigenvalue weighted by atomic mass is 10.5. The Morgan fingerprint density at radius 3 is 2.75 bits per heavy atom. The average molecular weight is 117 g/mol. The van der Waals surface area contributed by atoms with Gasteiger partial charge in [0, 0.05) is 6.54 Å². The van der Waals surface area contributed by atoms with Crippen LogP contribution in [0.5, 0.6) is 0 Å². The smallest absolute Gasteiger partial charge is 0.133 e. The van der Waals surface area contributed by atoms with Crippen LogP contribution in [0, 0.1) is 0 Å². The second-order valence-electron chi connectivity index (χ2n) is 1.65. The molecule has 0 radical (unpaired) electrons. The Bertz CT molecular complexity index is 65.4. The molecule has 0 fully saturated rings. The molecule has 48 valence electrons. The molecule has 0 saturated heterocycles. The molecule has 0 aliphatic heterocycles. The fourth-order valence-corrected chi connectivity index (χ4v) is 0.389. The first-order valence-electron chi connectivity index (χ1n) is 2.54. The van der Waals surface area contributed by atoms with Crippen LogP contribution in [0.2, 0.25) is 0 Å². The van der Waals surface area contributed by atoms with Crippen molar-refractivity contribution in [2.24, 2.45) is 0 Å². The van der Waals surface area contributed by atoms with Gasteiger partial charge in [0.15, 0.2) is 0 Å². The van der Waals surface area contributed by atoms with Crippen molar-refractivity contribution in [3.8, 4) is 0 Å². The molecule has 0 aromatic heterocycles. The van der Waals surface area contributed by atoms with E-state index in [1.54, 1.807) is 11.9 Å². The van der Waals surface area contributed by atoms with Gasteiger partial charge in [-0.25, -0.2) is 0 Å². The van der Waals surface area contributed by atoms with Crippen LogP contribution >= 0.6 is 0 Å². The van der Waals surface area contributed by atoms with E-state index in [0.29, 0.717) is 13.1 Å². The van der Waals surface area contributed by atoms with Crippen molar-refractivity contribution < 1.29 is 9.90 Å². The number of hydrogen-bond donors (Lipinski definition) is 1. The molecule has 0 unspecified atom stereocenters. The summed E-state index contributed by atoms with van der Waals surface area (Å²) in [5, 5.41) is 8.31. The van der Waals surface area contributed by atoms with Gasteiger partial charge in [0.25, 0.3) is 0 Å². The van der Waals surface area contributed by atoms with E-state index < -0.39 is 0 Å². The fourth-order valence-electron chi connectivity index (χ4n) is 0.389. The largest absolute Gasteiger partial charge is 0.395 e. The zero-order chi connectivity index (χ0) is 6.41. The van der Waals surface area contributed by atoms with Crippen LogP contribution in [0.3, 0.4) is 0 Å². The maximum atomic E-state index is 9.77. The zero-order valence-electron chi connectivity index (χ0n) is 5.00. The molecule has 0 aliphatic rings. The van der Waals surface area contributed by atoms with E-state index >= 15 is 0 Å². The molecular weight excluding hydrogens is 106 g/mol. The highest BCUT2D eigenvalue weighted by molar-refractivity contribution is 5.51. The predicted molar refractivity (Wildman–Crippen MR) is 30.6 cm³/mol. The number of aldehydes is 1. The van der Waals surface area contributed by atoms with Crippen LogP contribution in [0.15, 0.2) is 0 Å². The third-order valence-corrected chi connectivity index (χ3v) is 0.868. The topological polar surface area (TPSA) is 40.5 Å². The van der Waals surface area contributed by atoms with E-state index in [1.165, 1.54) is 0 Å². The molecule has 0 rings (SSSR count). The quantitative estimate of drug-likeness (QED) is 0.485. The SMILES string of the molecule is CN(CC=O)CCO. The monoisotopic (exact) mass is 117 g/mol. The van der Waals surface area contributed by atoms with Gasteiger partial charge >= 0.3 is 0 Å². The molecule has 0 aromatic carbocycles. The number of carbonyl (C=O) groups excluding carboxylic acids is 1. The summed E-state index contributed by atoms with van der Waals surface area (Å²) < 4.78 is 0. The van der Waals surface area contributed by atoms with Crippen LogP contribution in [0.1, 0.15) is 0 Å². The highest BCUT2D eigenvalue weighted by Gasteiger charge is 1.91. The molecular formula is C5H11NO2. The van der Waals surface area contributed by atoms with Crippen molar-refractivity contribution in [2.75, 3.05) is 26.7 Å². The Balaban J connectivity index is 3.03. The number of carbonyl (C=O) groups is 1. The molecule has 0 heterocycles. The first-order valence-corrected chi connectivity index (χ1v) is 2.54. The Kier molecular flexibility index (Phi) is 4.50. The normalized spacial score (nSPS) is 9.88. The number of aliphatic hydroxyl groups excluding tert-OH is 1. The summed E-state index contributed by atoms with van der Waals surface area (Å²) in [4.78, 5) is 11.5. The molecule has 3 heteroatoms. The predicted octanol–water partition coefficient (Wildman–Crippen LogP) is -0.891. The summed E-state index contributed by atoms with van der Waals surface area (Å²) in [6.45, 7) is 1.09. The minimum Gasteiger partial charge on any atom is -0.395 e. The molecule has 0 amide bonds. The zero-order valence-corrected chi connectivity index (χ0v) is 5.00. The minimum atomic E-state index is 0.115. The van der Waals surface area contributed by atoms with E-state index in [-0.39, 0.29) is 6.61 Å². The van der Waals surface area contributed by atoms with Crippen molar-refractivity contribution in [3.05, 3.63) is 0 Å². The summed E-state index contributed by atoms with van der Waals surface area (Å²) >= 11 is 0. The lowest BCUT2D eigenvalue weighted by Crippen LogP contribution is -2.23. The summed E-state index contributed by atoms with van der Waals surface area (Å²) in [7, 11) is 1.78. The van der Waals surface area contributed by atoms with Gasteiger partial charge in [0.1, 0.15) is 6.29 Å². The van der Waals surface area contributed by atoms with Crippen LogP contribution < -0.4 is 0 Å². The molecule has 0 saturated carbocycles. The van der Waals surface area contributed by atoms with Crippen molar-refractivity contribution in [1.82, 2.24) is 4.90 Å². The number of hydrogen-bond acceptors (Lipinski definition) is 3. The van der Waals surface area contributed by atoms with Crippen LogP contribution in [-0.2, 0) is 4.79 Å². The van der Waals surface area contributed by atoms with Gasteiger partial charge in [-0.15, -0.1) is 0 Å². The number of aliphatic hydroxyl groups is 1. The fraction of sp³-hybridized carbons (Fsp3) is 0.800. The third-order valence-electron chi connectivity index (χ3n) is 0.868. The average Bonchev–Trinajstić information content (AvgIpc) is 1.68. The Hall–Kier alpha value is -0.410. The van der Waals surface area contributed by atoms with Crippen LogP contribution in [0.4, 0.5) is 0 Å². The van der Waals surface area contributed by atoms with Crippen LogP contribution in [0.25, 0.3) is 0 Å². The van der Waals surface area contributed by atoms with Gasteiger partial charge in [0.2, 0.25) is 0 Å². The molecule has 3 nitrogen and oxygen atoms in total. The van der Waals surface area contributed by atoms with Crippen LogP contribution in [-0.4, -0.2) is 43.0 Å². The van der Waals surface area contributed by atoms with Gasteiger partial charge < -0.3 is 9.90 Å². The number of likely N-dealkylation sites (N-methyl/N-ethyl adjacent to an activating group) is 1. The number of nitrogens with zero attached hydrogens (tertiary/aromatic N) is 1. The second kappa shape index (κ2) is 4.74. The highest BCUT2D eigenvalue weighted by atomic mass is 16.3. The summed E-state index contributed by atoms with van der Waals surface area (Å²) in [6.07, 6.45) is 0.815. The summed E-state index contributed by atoms with van der Waals surface area (Å²) in [5.41, 5.74) is 0. The Morgan fingerprint density at radius 2 is 2.38 bits per heavy atom. The van der Waals surface area contributed by atoms with E-state index in [0.717, 1.165) is 6.29 Å². The first kappa shape index (κ1) is 7.59. The Labute approximate surface area is 48.9 Å². The minimum absolute atomic E-state index is 0.115. The maximum absolute atomic E-state index is 9.77. The summed E-state index contributed by atoms with van der Waals surface area (Å²) in [6, 6.07) is 0. The molecule has 1 N–H and O–H groups in total. The van der Waals surface area contributed by atoms with Crippen molar-refractivity contribution in [2.45, 2.75) is 0 Å². The molecule has 8 heavy (non-hydrogen) atoms. The second-order valence-corrected chi connectivity index (χ2v) is 1.65. The molecule has 0 spiro atoms. The van der Waals surface area contributed by atoms with E-state index in [2.05, 4.69) is 0 Å². The first-order chi connectivity index (χ1) is 3.81. The molecule has 0 aliphatic carbocycles. The third kappa shape index (κ3) is 3.77. The van der Waals surface area contributed by atoms with Gasteiger partial charge in [-0.1, -0.05) is 0 Å². The van der Waals surface area contributed by atoms with Gasteiger partial charge in [-0.05, 0) is 7.05 Å². The highest BCUT2D eigenvalue weighted by Crippen LogP contribution is 1.74. The number of rotatable bonds is 4. The lowest BCUT2D eigenvalue weighted by molar-refractivity contribution is -0.108. The maximum Gasteiger partial charge on any atom is 0.133 e. The standard InChI is InChI=1S/C5H11NO2/c1-6(2-4-7)3-5-8/h4,8H,2-3,5H2,1H3. The van der Waals surface area contributed by atoms with Crippen molar-refractivity contribution >= 4 is 6.29 Å². The van der Waals surface area contributed by atoms with E-state index in [1.807, 2.05) is 0 Å². The van der Waals surface area contributed by atoms with Crippen molar-refractivity contribution in [1.29, 1.82) is 0 Å². The molecule has 0 bridgehead atoms.